The first-order chi connectivity index (χ1) is 15.4. The van der Waals surface area contributed by atoms with E-state index in [0.717, 1.165) is 27.2 Å². The third-order valence-corrected chi connectivity index (χ3v) is 6.80. The van der Waals surface area contributed by atoms with Gasteiger partial charge >= 0.3 is 6.03 Å². The summed E-state index contributed by atoms with van der Waals surface area (Å²) in [5, 5.41) is 15.2. The smallest absolute Gasteiger partial charge is 0.322 e. The number of carbonyl (C=O) groups is 2. The van der Waals surface area contributed by atoms with E-state index < -0.39 is 6.04 Å². The molecule has 1 unspecified atom stereocenters. The Morgan fingerprint density at radius 2 is 1.84 bits per heavy atom. The van der Waals surface area contributed by atoms with E-state index in [9.17, 15) is 9.59 Å². The first-order valence-electron chi connectivity index (χ1n) is 10.2. The Labute approximate surface area is 198 Å². The summed E-state index contributed by atoms with van der Waals surface area (Å²) in [6.07, 6.45) is 1.37. The quantitative estimate of drug-likeness (QED) is 0.516. The molecular weight excluding hydrogens is 492 g/mol. The summed E-state index contributed by atoms with van der Waals surface area (Å²) in [6.45, 7) is 0.522. The van der Waals surface area contributed by atoms with Crippen LogP contribution in [0.1, 0.15) is 12.8 Å². The highest BCUT2D eigenvalue weighted by Crippen LogP contribution is 2.29. The summed E-state index contributed by atoms with van der Waals surface area (Å²) >= 11 is 4.73. The molecule has 2 N–H and O–H groups in total. The van der Waals surface area contributed by atoms with Crippen molar-refractivity contribution in [3.05, 3.63) is 53.0 Å². The zero-order valence-corrected chi connectivity index (χ0v) is 20.1. The summed E-state index contributed by atoms with van der Waals surface area (Å²) in [5.41, 5.74) is 2.69. The highest BCUT2D eigenvalue weighted by Gasteiger charge is 2.34. The van der Waals surface area contributed by atoms with E-state index in [1.165, 1.54) is 11.3 Å². The van der Waals surface area contributed by atoms with Crippen molar-refractivity contribution in [2.45, 2.75) is 18.9 Å². The van der Waals surface area contributed by atoms with Crippen molar-refractivity contribution in [1.29, 1.82) is 0 Å². The summed E-state index contributed by atoms with van der Waals surface area (Å²) in [4.78, 5) is 29.3. The van der Waals surface area contributed by atoms with Crippen LogP contribution < -0.4 is 15.5 Å². The van der Waals surface area contributed by atoms with Gasteiger partial charge < -0.3 is 15.1 Å². The Balaban J connectivity index is 1.41. The maximum absolute atomic E-state index is 12.9. The number of aromatic nitrogens is 2. The molecule has 10 heteroatoms. The number of carbonyl (C=O) groups excluding carboxylic acids is 2. The minimum Gasteiger partial charge on any atom is -0.378 e. The number of para-hydroxylation sites is 1. The van der Waals surface area contributed by atoms with Gasteiger partial charge in [0.05, 0.1) is 5.69 Å². The van der Waals surface area contributed by atoms with Crippen molar-refractivity contribution in [1.82, 2.24) is 15.1 Å². The van der Waals surface area contributed by atoms with Crippen LogP contribution in [0.2, 0.25) is 0 Å². The zero-order valence-electron chi connectivity index (χ0n) is 17.7. The van der Waals surface area contributed by atoms with Crippen LogP contribution in [0.3, 0.4) is 0 Å². The lowest BCUT2D eigenvalue weighted by Crippen LogP contribution is -2.45. The van der Waals surface area contributed by atoms with Crippen LogP contribution in [-0.4, -0.2) is 53.7 Å². The average Bonchev–Trinajstić information content (AvgIpc) is 3.45. The molecule has 0 saturated carbocycles. The molecule has 0 aliphatic carbocycles. The largest absolute Gasteiger partial charge is 0.378 e. The van der Waals surface area contributed by atoms with Crippen molar-refractivity contribution in [3.63, 3.8) is 0 Å². The van der Waals surface area contributed by atoms with Crippen molar-refractivity contribution in [2.75, 3.05) is 36.2 Å². The number of anilines is 3. The molecular formula is C22H23BrN6O2S. The molecule has 8 nitrogen and oxygen atoms in total. The predicted molar refractivity (Wildman–Crippen MR) is 131 cm³/mol. The third kappa shape index (κ3) is 4.91. The van der Waals surface area contributed by atoms with E-state index in [1.54, 1.807) is 11.0 Å². The van der Waals surface area contributed by atoms with Crippen molar-refractivity contribution >= 4 is 55.7 Å². The number of nitrogens with one attached hydrogen (secondary N) is 2. The van der Waals surface area contributed by atoms with E-state index >= 15 is 0 Å². The molecule has 0 radical (unpaired) electrons. The lowest BCUT2D eigenvalue weighted by molar-refractivity contribution is -0.119. The molecule has 2 aromatic carbocycles. The lowest BCUT2D eigenvalue weighted by atomic mass is 10.2. The number of benzene rings is 2. The van der Waals surface area contributed by atoms with Crippen LogP contribution >= 0.6 is 27.3 Å². The van der Waals surface area contributed by atoms with E-state index in [1.807, 2.05) is 61.5 Å². The molecule has 1 atom stereocenters. The van der Waals surface area contributed by atoms with Gasteiger partial charge in [-0.1, -0.05) is 23.5 Å². The minimum atomic E-state index is -0.552. The topological polar surface area (TPSA) is 90.5 Å². The van der Waals surface area contributed by atoms with Gasteiger partial charge in [0, 0.05) is 36.4 Å². The predicted octanol–water partition coefficient (Wildman–Crippen LogP) is 4.67. The monoisotopic (exact) mass is 514 g/mol. The van der Waals surface area contributed by atoms with Gasteiger partial charge in [0.1, 0.15) is 11.0 Å². The zero-order chi connectivity index (χ0) is 22.7. The van der Waals surface area contributed by atoms with Crippen LogP contribution in [0.4, 0.5) is 21.3 Å². The molecule has 0 bridgehead atoms. The Kier molecular flexibility index (Phi) is 6.71. The first-order valence-corrected chi connectivity index (χ1v) is 11.8. The first kappa shape index (κ1) is 22.2. The summed E-state index contributed by atoms with van der Waals surface area (Å²) in [6, 6.07) is 14.5. The molecule has 1 aliphatic rings. The SMILES string of the molecule is CN(C)c1ccc(-c2nnc(NC(=O)C3CCCN3C(=O)Nc3ccccc3Br)s2)cc1. The van der Waals surface area contributed by atoms with Gasteiger partial charge in [0.15, 0.2) is 0 Å². The average molecular weight is 515 g/mol. The van der Waals surface area contributed by atoms with Crippen molar-refractivity contribution in [2.24, 2.45) is 0 Å². The van der Waals surface area contributed by atoms with E-state index in [0.29, 0.717) is 23.8 Å². The molecule has 166 valence electrons. The maximum Gasteiger partial charge on any atom is 0.322 e. The van der Waals surface area contributed by atoms with Crippen LogP contribution in [0.15, 0.2) is 53.0 Å². The summed E-state index contributed by atoms with van der Waals surface area (Å²) < 4.78 is 0.786. The Morgan fingerprint density at radius 3 is 2.56 bits per heavy atom. The van der Waals surface area contributed by atoms with Crippen molar-refractivity contribution < 1.29 is 9.59 Å². The number of hydrogen-bond acceptors (Lipinski definition) is 6. The number of urea groups is 1. The second kappa shape index (κ2) is 9.66. The van der Waals surface area contributed by atoms with Gasteiger partial charge in [-0.2, -0.15) is 0 Å². The third-order valence-electron chi connectivity index (χ3n) is 5.22. The molecule has 4 rings (SSSR count). The Morgan fingerprint density at radius 1 is 1.09 bits per heavy atom. The normalized spacial score (nSPS) is 15.5. The molecule has 1 aliphatic heterocycles. The molecule has 32 heavy (non-hydrogen) atoms. The van der Waals surface area contributed by atoms with Crippen LogP contribution in [0.5, 0.6) is 0 Å². The molecule has 1 aromatic heterocycles. The summed E-state index contributed by atoms with van der Waals surface area (Å²) in [7, 11) is 3.97. The molecule has 1 saturated heterocycles. The fourth-order valence-corrected chi connectivity index (χ4v) is 4.65. The van der Waals surface area contributed by atoms with Crippen LogP contribution in [-0.2, 0) is 4.79 Å². The van der Waals surface area contributed by atoms with E-state index in [4.69, 9.17) is 0 Å². The number of rotatable bonds is 5. The van der Waals surface area contributed by atoms with Crippen LogP contribution in [0.25, 0.3) is 10.6 Å². The second-order valence-corrected chi connectivity index (χ2v) is 9.44. The number of amides is 3. The van der Waals surface area contributed by atoms with Gasteiger partial charge in [0.25, 0.3) is 0 Å². The number of halogens is 1. The minimum absolute atomic E-state index is 0.254. The van der Waals surface area contributed by atoms with E-state index in [-0.39, 0.29) is 11.9 Å². The highest BCUT2D eigenvalue weighted by molar-refractivity contribution is 9.10. The Hall–Kier alpha value is -2.98. The second-order valence-electron chi connectivity index (χ2n) is 7.60. The van der Waals surface area contributed by atoms with Crippen LogP contribution in [0, 0.1) is 0 Å². The van der Waals surface area contributed by atoms with Gasteiger partial charge in [-0.05, 0) is 65.2 Å². The maximum atomic E-state index is 12.9. The molecule has 0 spiro atoms. The number of hydrogen-bond donors (Lipinski definition) is 2. The lowest BCUT2D eigenvalue weighted by Gasteiger charge is -2.24. The summed E-state index contributed by atoms with van der Waals surface area (Å²) in [5.74, 6) is -0.254. The fraction of sp³-hybridized carbons (Fsp3) is 0.273. The highest BCUT2D eigenvalue weighted by atomic mass is 79.9. The number of nitrogens with zero attached hydrogens (tertiary/aromatic N) is 4. The fourth-order valence-electron chi connectivity index (χ4n) is 3.51. The molecule has 3 amide bonds. The Bertz CT molecular complexity index is 1120. The number of likely N-dealkylation sites (tertiary alicyclic amines) is 1. The molecule has 1 fully saturated rings. The van der Waals surface area contributed by atoms with Gasteiger partial charge in [-0.25, -0.2) is 4.79 Å². The van der Waals surface area contributed by atoms with Gasteiger partial charge in [-0.15, -0.1) is 10.2 Å². The van der Waals surface area contributed by atoms with Gasteiger partial charge in [-0.3, -0.25) is 10.1 Å². The van der Waals surface area contributed by atoms with Crippen molar-refractivity contribution in [3.8, 4) is 10.6 Å². The van der Waals surface area contributed by atoms with Gasteiger partial charge in [0.2, 0.25) is 11.0 Å². The van der Waals surface area contributed by atoms with E-state index in [2.05, 4.69) is 36.8 Å². The molecule has 2 heterocycles. The standard InChI is InChI=1S/C22H23BrN6O2S/c1-28(2)15-11-9-14(10-12-15)20-26-27-21(32-20)25-19(30)18-8-5-13-29(18)22(31)24-17-7-4-3-6-16(17)23/h3-4,6-7,9-12,18H,5,8,13H2,1-2H3,(H,24,31)(H,25,27,30). The molecule has 3 aromatic rings.